The van der Waals surface area contributed by atoms with Crippen molar-refractivity contribution in [2.45, 2.75) is 13.3 Å². The molecule has 0 aliphatic heterocycles. The topological polar surface area (TPSA) is 29.1 Å². The van der Waals surface area contributed by atoms with E-state index in [1.54, 1.807) is 12.1 Å². The van der Waals surface area contributed by atoms with Crippen LogP contribution >= 0.6 is 22.9 Å². The second-order valence-electron chi connectivity index (χ2n) is 2.36. The number of rotatable bonds is 3. The van der Waals surface area contributed by atoms with Crippen LogP contribution in [-0.4, -0.2) is 12.5 Å². The zero-order chi connectivity index (χ0) is 8.97. The van der Waals surface area contributed by atoms with Crippen LogP contribution in [0.3, 0.4) is 0 Å². The molecule has 0 aliphatic rings. The van der Waals surface area contributed by atoms with Crippen LogP contribution in [0, 0.1) is 0 Å². The van der Waals surface area contributed by atoms with Crippen molar-refractivity contribution in [2.75, 3.05) is 6.54 Å². The maximum absolute atomic E-state index is 11.3. The van der Waals surface area contributed by atoms with Gasteiger partial charge in [-0.1, -0.05) is 18.5 Å². The first-order valence-electron chi connectivity index (χ1n) is 3.77. The van der Waals surface area contributed by atoms with Gasteiger partial charge in [0.2, 0.25) is 0 Å². The Labute approximate surface area is 80.5 Å². The molecule has 0 bridgehead atoms. The molecule has 1 aromatic heterocycles. The molecule has 0 saturated carbocycles. The molecule has 1 amide bonds. The molecule has 4 heteroatoms. The van der Waals surface area contributed by atoms with E-state index >= 15 is 0 Å². The summed E-state index contributed by atoms with van der Waals surface area (Å²) in [5, 5.41) is 2.77. The van der Waals surface area contributed by atoms with E-state index in [1.807, 2.05) is 6.92 Å². The van der Waals surface area contributed by atoms with Crippen molar-refractivity contribution in [1.82, 2.24) is 5.32 Å². The lowest BCUT2D eigenvalue weighted by atomic mass is 10.4. The Morgan fingerprint density at radius 2 is 2.42 bits per heavy atom. The Hall–Kier alpha value is -0.540. The third-order valence-electron chi connectivity index (χ3n) is 1.33. The largest absolute Gasteiger partial charge is 0.351 e. The molecule has 0 spiro atoms. The minimum absolute atomic E-state index is 0.0336. The first-order chi connectivity index (χ1) is 5.74. The maximum Gasteiger partial charge on any atom is 0.261 e. The number of hydrogen-bond donors (Lipinski definition) is 1. The number of hydrogen-bond acceptors (Lipinski definition) is 2. The molecule has 0 radical (unpaired) electrons. The summed E-state index contributed by atoms with van der Waals surface area (Å²) in [6.07, 6.45) is 0.949. The Balaban J connectivity index is 2.53. The van der Waals surface area contributed by atoms with Crippen molar-refractivity contribution in [3.8, 4) is 0 Å². The molecule has 12 heavy (non-hydrogen) atoms. The van der Waals surface area contributed by atoms with Crippen LogP contribution < -0.4 is 5.32 Å². The fraction of sp³-hybridized carbons (Fsp3) is 0.375. The third-order valence-corrected chi connectivity index (χ3v) is 2.56. The van der Waals surface area contributed by atoms with Crippen LogP contribution in [-0.2, 0) is 0 Å². The minimum Gasteiger partial charge on any atom is -0.351 e. The molecule has 2 nitrogen and oxygen atoms in total. The Morgan fingerprint density at radius 3 is 2.92 bits per heavy atom. The molecule has 66 valence electrons. The molecule has 0 aromatic carbocycles. The summed E-state index contributed by atoms with van der Waals surface area (Å²) < 4.78 is 0.650. The van der Waals surface area contributed by atoms with Crippen molar-refractivity contribution in [1.29, 1.82) is 0 Å². The van der Waals surface area contributed by atoms with Gasteiger partial charge in [0.1, 0.15) is 0 Å². The lowest BCUT2D eigenvalue weighted by molar-refractivity contribution is 0.0957. The van der Waals surface area contributed by atoms with Crippen LogP contribution in [0.15, 0.2) is 12.1 Å². The summed E-state index contributed by atoms with van der Waals surface area (Å²) in [6.45, 7) is 2.73. The van der Waals surface area contributed by atoms with Gasteiger partial charge in [-0.2, -0.15) is 0 Å². The highest BCUT2D eigenvalue weighted by molar-refractivity contribution is 7.17. The zero-order valence-corrected chi connectivity index (χ0v) is 8.34. The summed E-state index contributed by atoms with van der Waals surface area (Å²) in [5.41, 5.74) is 0. The van der Waals surface area contributed by atoms with E-state index in [4.69, 9.17) is 11.6 Å². The Morgan fingerprint density at radius 1 is 1.67 bits per heavy atom. The van der Waals surface area contributed by atoms with Crippen molar-refractivity contribution in [3.05, 3.63) is 21.3 Å². The van der Waals surface area contributed by atoms with Crippen molar-refractivity contribution in [2.24, 2.45) is 0 Å². The number of halogens is 1. The minimum atomic E-state index is -0.0336. The van der Waals surface area contributed by atoms with Crippen LogP contribution in [0.4, 0.5) is 0 Å². The molecule has 0 atom stereocenters. The van der Waals surface area contributed by atoms with Crippen LogP contribution in [0.25, 0.3) is 0 Å². The second-order valence-corrected chi connectivity index (χ2v) is 4.07. The fourth-order valence-electron chi connectivity index (χ4n) is 0.762. The normalized spacial score (nSPS) is 9.83. The first-order valence-corrected chi connectivity index (χ1v) is 4.97. The fourth-order valence-corrected chi connectivity index (χ4v) is 1.72. The van der Waals surface area contributed by atoms with Crippen LogP contribution in [0.1, 0.15) is 23.0 Å². The number of amides is 1. The summed E-state index contributed by atoms with van der Waals surface area (Å²) in [5.74, 6) is -0.0336. The number of nitrogens with one attached hydrogen (secondary N) is 1. The van der Waals surface area contributed by atoms with E-state index in [1.165, 1.54) is 11.3 Å². The zero-order valence-electron chi connectivity index (χ0n) is 6.76. The first kappa shape index (κ1) is 9.55. The van der Waals surface area contributed by atoms with E-state index in [0.29, 0.717) is 15.8 Å². The van der Waals surface area contributed by atoms with Gasteiger partial charge in [0.25, 0.3) is 5.91 Å². The maximum atomic E-state index is 11.3. The van der Waals surface area contributed by atoms with Gasteiger partial charge >= 0.3 is 0 Å². The Bertz CT molecular complexity index is 272. The van der Waals surface area contributed by atoms with Gasteiger partial charge in [-0.05, 0) is 18.6 Å². The van der Waals surface area contributed by atoms with Crippen molar-refractivity contribution < 1.29 is 4.79 Å². The van der Waals surface area contributed by atoms with Gasteiger partial charge in [0.05, 0.1) is 9.21 Å². The van der Waals surface area contributed by atoms with E-state index in [2.05, 4.69) is 5.32 Å². The molecule has 0 aliphatic carbocycles. The average molecular weight is 204 g/mol. The van der Waals surface area contributed by atoms with Gasteiger partial charge in [0, 0.05) is 6.54 Å². The number of carbonyl (C=O) groups excluding carboxylic acids is 1. The molecule has 0 saturated heterocycles. The molecule has 1 heterocycles. The molecular weight excluding hydrogens is 194 g/mol. The van der Waals surface area contributed by atoms with Gasteiger partial charge in [0.15, 0.2) is 0 Å². The quantitative estimate of drug-likeness (QED) is 0.804. The molecule has 1 rings (SSSR count). The standard InChI is InChI=1S/C8H10ClNOS/c1-2-5-10-8(11)6-3-4-7(9)12-6/h3-4H,2,5H2,1H3,(H,10,11). The monoisotopic (exact) mass is 203 g/mol. The molecule has 1 N–H and O–H groups in total. The van der Waals surface area contributed by atoms with E-state index < -0.39 is 0 Å². The highest BCUT2D eigenvalue weighted by atomic mass is 35.5. The Kier molecular flexibility index (Phi) is 3.56. The van der Waals surface area contributed by atoms with Crippen LogP contribution in [0.5, 0.6) is 0 Å². The number of thiophene rings is 1. The smallest absolute Gasteiger partial charge is 0.261 e. The predicted molar refractivity (Wildman–Crippen MR) is 52.0 cm³/mol. The highest BCUT2D eigenvalue weighted by Crippen LogP contribution is 2.20. The summed E-state index contributed by atoms with van der Waals surface area (Å²) >= 11 is 6.98. The third kappa shape index (κ3) is 2.50. The molecule has 1 aromatic rings. The lowest BCUT2D eigenvalue weighted by Gasteiger charge is -1.98. The average Bonchev–Trinajstić information content (AvgIpc) is 2.47. The van der Waals surface area contributed by atoms with E-state index in [-0.39, 0.29) is 5.91 Å². The predicted octanol–water partition coefficient (Wildman–Crippen LogP) is 2.54. The van der Waals surface area contributed by atoms with Crippen LogP contribution in [0.2, 0.25) is 4.34 Å². The van der Waals surface area contributed by atoms with Crippen molar-refractivity contribution >= 4 is 28.8 Å². The molecule has 0 fully saturated rings. The molecule has 0 unspecified atom stereocenters. The highest BCUT2D eigenvalue weighted by Gasteiger charge is 2.06. The second kappa shape index (κ2) is 4.48. The molecular formula is C8H10ClNOS. The van der Waals surface area contributed by atoms with E-state index in [9.17, 15) is 4.79 Å². The van der Waals surface area contributed by atoms with Crippen molar-refractivity contribution in [3.63, 3.8) is 0 Å². The van der Waals surface area contributed by atoms with Gasteiger partial charge in [-0.15, -0.1) is 11.3 Å². The summed E-state index contributed by atoms with van der Waals surface area (Å²) in [4.78, 5) is 11.9. The number of carbonyl (C=O) groups is 1. The SMILES string of the molecule is CCCNC(=O)c1ccc(Cl)s1. The lowest BCUT2D eigenvalue weighted by Crippen LogP contribution is -2.22. The van der Waals surface area contributed by atoms with Gasteiger partial charge < -0.3 is 5.32 Å². The van der Waals surface area contributed by atoms with Gasteiger partial charge in [-0.3, -0.25) is 4.79 Å². The van der Waals surface area contributed by atoms with Gasteiger partial charge in [-0.25, -0.2) is 0 Å². The summed E-state index contributed by atoms with van der Waals surface area (Å²) in [7, 11) is 0. The summed E-state index contributed by atoms with van der Waals surface area (Å²) in [6, 6.07) is 3.46. The van der Waals surface area contributed by atoms with E-state index in [0.717, 1.165) is 6.42 Å².